The minimum atomic E-state index is -0.224. The average Bonchev–Trinajstić information content (AvgIpc) is 3.09. The Balaban J connectivity index is 1.56. The lowest BCUT2D eigenvalue weighted by atomic mass is 9.77. The number of ether oxygens (including phenoxy) is 1. The topological polar surface area (TPSA) is 21.3 Å². The molecule has 0 aliphatic heterocycles. The minimum absolute atomic E-state index is 0.0459. The quantitative estimate of drug-likeness (QED) is 0.835. The van der Waals surface area contributed by atoms with Gasteiger partial charge in [-0.3, -0.25) is 0 Å². The van der Waals surface area contributed by atoms with E-state index in [4.69, 9.17) is 4.74 Å². The first-order chi connectivity index (χ1) is 8.76. The molecule has 0 atom stereocenters. The third kappa shape index (κ3) is 2.83. The van der Waals surface area contributed by atoms with Crippen LogP contribution in [-0.4, -0.2) is 18.2 Å². The summed E-state index contributed by atoms with van der Waals surface area (Å²) in [5.74, 6) is 0.444. The molecule has 2 saturated carbocycles. The molecule has 2 nitrogen and oxygen atoms in total. The zero-order valence-electron chi connectivity index (χ0n) is 10.6. The summed E-state index contributed by atoms with van der Waals surface area (Å²) in [7, 11) is 0. The largest absolute Gasteiger partial charge is 0.487 e. The predicted octanol–water partition coefficient (Wildman–Crippen LogP) is 3.27. The summed E-state index contributed by atoms with van der Waals surface area (Å²) in [5, 5.41) is 3.52. The van der Waals surface area contributed by atoms with Crippen molar-refractivity contribution in [2.24, 2.45) is 0 Å². The number of rotatable bonds is 6. The number of halogens is 1. The smallest absolute Gasteiger partial charge is 0.126 e. The monoisotopic (exact) mass is 249 g/mol. The molecule has 3 rings (SSSR count). The molecule has 0 unspecified atom stereocenters. The number of hydrogen-bond acceptors (Lipinski definition) is 2. The highest BCUT2D eigenvalue weighted by atomic mass is 19.1. The van der Waals surface area contributed by atoms with Crippen molar-refractivity contribution in [1.82, 2.24) is 5.32 Å². The van der Waals surface area contributed by atoms with E-state index in [2.05, 4.69) is 5.32 Å². The Morgan fingerprint density at radius 3 is 2.78 bits per heavy atom. The van der Waals surface area contributed by atoms with Gasteiger partial charge in [0.05, 0.1) is 0 Å². The highest BCUT2D eigenvalue weighted by Gasteiger charge is 2.39. The van der Waals surface area contributed by atoms with Crippen LogP contribution in [0.4, 0.5) is 4.39 Å². The molecule has 0 heterocycles. The van der Waals surface area contributed by atoms with Gasteiger partial charge < -0.3 is 10.1 Å². The third-order valence-corrected chi connectivity index (χ3v) is 3.99. The fourth-order valence-electron chi connectivity index (χ4n) is 2.55. The second-order valence-corrected chi connectivity index (χ2v) is 5.57. The van der Waals surface area contributed by atoms with Gasteiger partial charge in [0, 0.05) is 12.1 Å². The average molecular weight is 249 g/mol. The van der Waals surface area contributed by atoms with Gasteiger partial charge in [0.1, 0.15) is 17.2 Å². The Morgan fingerprint density at radius 1 is 1.33 bits per heavy atom. The first-order valence-corrected chi connectivity index (χ1v) is 6.94. The minimum Gasteiger partial charge on any atom is -0.487 e. The second-order valence-electron chi connectivity index (χ2n) is 5.57. The maximum atomic E-state index is 13.1. The number of hydrogen-bond donors (Lipinski definition) is 1. The summed E-state index contributed by atoms with van der Waals surface area (Å²) in [6, 6.07) is 7.23. The van der Waals surface area contributed by atoms with Crippen molar-refractivity contribution < 1.29 is 9.13 Å². The van der Waals surface area contributed by atoms with Gasteiger partial charge in [0.15, 0.2) is 0 Å². The molecule has 0 bridgehead atoms. The van der Waals surface area contributed by atoms with Crippen molar-refractivity contribution in [3.05, 3.63) is 30.1 Å². The highest BCUT2D eigenvalue weighted by molar-refractivity contribution is 5.24. The molecule has 3 heteroatoms. The van der Waals surface area contributed by atoms with Crippen LogP contribution in [0, 0.1) is 5.82 Å². The zero-order chi connectivity index (χ0) is 12.4. The van der Waals surface area contributed by atoms with Crippen molar-refractivity contribution in [3.63, 3.8) is 0 Å². The molecule has 0 saturated heterocycles. The van der Waals surface area contributed by atoms with Crippen LogP contribution in [-0.2, 0) is 0 Å². The standard InChI is InChI=1S/C15H20FNO/c16-12-3-1-4-14(11-12)18-15(7-2-8-15)9-10-17-13-5-6-13/h1,3-4,11,13,17H,2,5-10H2. The first kappa shape index (κ1) is 12.0. The molecule has 2 aliphatic carbocycles. The molecule has 1 N–H and O–H groups in total. The molecular formula is C15H20FNO. The molecule has 2 fully saturated rings. The molecule has 2 aliphatic rings. The van der Waals surface area contributed by atoms with Crippen LogP contribution in [0.1, 0.15) is 38.5 Å². The lowest BCUT2D eigenvalue weighted by Crippen LogP contribution is -2.45. The van der Waals surface area contributed by atoms with E-state index >= 15 is 0 Å². The van der Waals surface area contributed by atoms with Crippen molar-refractivity contribution in [2.75, 3.05) is 6.54 Å². The van der Waals surface area contributed by atoms with Crippen molar-refractivity contribution in [3.8, 4) is 5.75 Å². The van der Waals surface area contributed by atoms with Crippen LogP contribution >= 0.6 is 0 Å². The molecule has 0 spiro atoms. The van der Waals surface area contributed by atoms with Gasteiger partial charge in [-0.25, -0.2) is 4.39 Å². The van der Waals surface area contributed by atoms with Gasteiger partial charge in [0.25, 0.3) is 0 Å². The van der Waals surface area contributed by atoms with Crippen molar-refractivity contribution >= 4 is 0 Å². The lowest BCUT2D eigenvalue weighted by Gasteiger charge is -2.42. The molecule has 1 aromatic carbocycles. The zero-order valence-corrected chi connectivity index (χ0v) is 10.6. The molecule has 18 heavy (non-hydrogen) atoms. The summed E-state index contributed by atoms with van der Waals surface area (Å²) in [5.41, 5.74) is -0.0459. The molecule has 0 radical (unpaired) electrons. The summed E-state index contributed by atoms with van der Waals surface area (Å²) in [4.78, 5) is 0. The van der Waals surface area contributed by atoms with E-state index in [1.165, 1.54) is 31.4 Å². The van der Waals surface area contributed by atoms with Crippen LogP contribution in [0.15, 0.2) is 24.3 Å². The van der Waals surface area contributed by atoms with Gasteiger partial charge in [-0.05, 0) is 57.2 Å². The Bertz CT molecular complexity index is 413. The molecule has 0 amide bonds. The normalized spacial score (nSPS) is 21.4. The Hall–Kier alpha value is -1.09. The van der Waals surface area contributed by atoms with Crippen LogP contribution in [0.25, 0.3) is 0 Å². The highest BCUT2D eigenvalue weighted by Crippen LogP contribution is 2.39. The van der Waals surface area contributed by atoms with Crippen molar-refractivity contribution in [2.45, 2.75) is 50.2 Å². The summed E-state index contributed by atoms with van der Waals surface area (Å²) < 4.78 is 19.2. The van der Waals surface area contributed by atoms with E-state index in [0.29, 0.717) is 5.75 Å². The molecule has 0 aromatic heterocycles. The van der Waals surface area contributed by atoms with Crippen LogP contribution in [0.3, 0.4) is 0 Å². The van der Waals surface area contributed by atoms with Crippen LogP contribution < -0.4 is 10.1 Å². The van der Waals surface area contributed by atoms with Gasteiger partial charge in [-0.15, -0.1) is 0 Å². The first-order valence-electron chi connectivity index (χ1n) is 6.94. The predicted molar refractivity (Wildman–Crippen MR) is 69.3 cm³/mol. The van der Waals surface area contributed by atoms with Gasteiger partial charge in [-0.1, -0.05) is 6.07 Å². The van der Waals surface area contributed by atoms with Gasteiger partial charge in [-0.2, -0.15) is 0 Å². The van der Waals surface area contributed by atoms with E-state index in [-0.39, 0.29) is 11.4 Å². The molecule has 1 aromatic rings. The number of nitrogens with one attached hydrogen (secondary N) is 1. The molecule has 98 valence electrons. The summed E-state index contributed by atoms with van der Waals surface area (Å²) in [6.45, 7) is 1.01. The van der Waals surface area contributed by atoms with E-state index in [0.717, 1.165) is 31.8 Å². The Kier molecular flexibility index (Phi) is 3.25. The molecular weight excluding hydrogens is 229 g/mol. The second kappa shape index (κ2) is 4.88. The van der Waals surface area contributed by atoms with E-state index in [9.17, 15) is 4.39 Å². The third-order valence-electron chi connectivity index (χ3n) is 3.99. The van der Waals surface area contributed by atoms with Gasteiger partial charge in [0.2, 0.25) is 0 Å². The maximum absolute atomic E-state index is 13.1. The lowest BCUT2D eigenvalue weighted by molar-refractivity contribution is -0.0145. The van der Waals surface area contributed by atoms with E-state index in [1.807, 2.05) is 6.07 Å². The van der Waals surface area contributed by atoms with Crippen LogP contribution in [0.5, 0.6) is 5.75 Å². The van der Waals surface area contributed by atoms with Crippen LogP contribution in [0.2, 0.25) is 0 Å². The van der Waals surface area contributed by atoms with E-state index in [1.54, 1.807) is 6.07 Å². The summed E-state index contributed by atoms with van der Waals surface area (Å²) >= 11 is 0. The van der Waals surface area contributed by atoms with Gasteiger partial charge >= 0.3 is 0 Å². The van der Waals surface area contributed by atoms with E-state index < -0.39 is 0 Å². The Labute approximate surface area is 108 Å². The SMILES string of the molecule is Fc1cccc(OC2(CCNC3CC3)CCC2)c1. The Morgan fingerprint density at radius 2 is 2.17 bits per heavy atom. The van der Waals surface area contributed by atoms with Crippen molar-refractivity contribution in [1.29, 1.82) is 0 Å². The maximum Gasteiger partial charge on any atom is 0.126 e. The fraction of sp³-hybridized carbons (Fsp3) is 0.600. The summed E-state index contributed by atoms with van der Waals surface area (Å²) in [6.07, 6.45) is 7.07. The number of benzene rings is 1. The fourth-order valence-corrected chi connectivity index (χ4v) is 2.55.